The first kappa shape index (κ1) is 13.4. The van der Waals surface area contributed by atoms with Crippen molar-refractivity contribution in [2.24, 2.45) is 7.05 Å². The Balaban J connectivity index is 2.85. The van der Waals surface area contributed by atoms with Gasteiger partial charge in [0.1, 0.15) is 5.69 Å². The summed E-state index contributed by atoms with van der Waals surface area (Å²) in [5, 5.41) is 6.43. The number of anilines is 1. The van der Waals surface area contributed by atoms with Crippen molar-refractivity contribution in [1.82, 2.24) is 9.78 Å². The van der Waals surface area contributed by atoms with Crippen molar-refractivity contribution in [3.05, 3.63) is 22.8 Å². The van der Waals surface area contributed by atoms with Crippen LogP contribution in [-0.2, 0) is 16.6 Å². The van der Waals surface area contributed by atoms with Gasteiger partial charge in [0.25, 0.3) is 5.91 Å². The Kier molecular flexibility index (Phi) is 4.45. The molecule has 1 aromatic rings. The van der Waals surface area contributed by atoms with Gasteiger partial charge in [0.2, 0.25) is 0 Å². The molecule has 1 rings (SSSR count). The molecule has 0 atom stereocenters. The van der Waals surface area contributed by atoms with Crippen molar-refractivity contribution < 1.29 is 14.3 Å². The smallest absolute Gasteiger partial charge is 0.356 e. The topological polar surface area (TPSA) is 73.2 Å². The zero-order valence-electron chi connectivity index (χ0n) is 9.49. The SMILES string of the molecule is C=C(Br)C(=O)Nc1cc(C(=O)OCC)n(C)n1. The second-order valence-corrected chi connectivity index (χ2v) is 4.08. The molecule has 0 unspecified atom stereocenters. The number of amides is 1. The number of ether oxygens (including phenoxy) is 1. The van der Waals surface area contributed by atoms with Crippen LogP contribution in [0.15, 0.2) is 17.1 Å². The molecule has 0 aromatic carbocycles. The lowest BCUT2D eigenvalue weighted by molar-refractivity contribution is -0.112. The fourth-order valence-electron chi connectivity index (χ4n) is 1.11. The molecule has 0 aliphatic heterocycles. The first-order chi connectivity index (χ1) is 7.95. The molecule has 1 amide bonds. The van der Waals surface area contributed by atoms with E-state index in [1.54, 1.807) is 14.0 Å². The first-order valence-corrected chi connectivity index (χ1v) is 5.62. The van der Waals surface area contributed by atoms with Gasteiger partial charge < -0.3 is 10.1 Å². The number of hydrogen-bond acceptors (Lipinski definition) is 4. The quantitative estimate of drug-likeness (QED) is 0.675. The molecule has 0 fully saturated rings. The maximum absolute atomic E-state index is 11.5. The molecular weight excluding hydrogens is 290 g/mol. The van der Waals surface area contributed by atoms with E-state index >= 15 is 0 Å². The predicted molar refractivity (Wildman–Crippen MR) is 65.9 cm³/mol. The lowest BCUT2D eigenvalue weighted by Crippen LogP contribution is -2.11. The van der Waals surface area contributed by atoms with E-state index in [0.717, 1.165) is 0 Å². The van der Waals surface area contributed by atoms with Crippen LogP contribution < -0.4 is 5.32 Å². The average molecular weight is 302 g/mol. The zero-order valence-corrected chi connectivity index (χ0v) is 11.1. The zero-order chi connectivity index (χ0) is 13.0. The van der Waals surface area contributed by atoms with Crippen molar-refractivity contribution in [2.75, 3.05) is 11.9 Å². The molecule has 0 aliphatic carbocycles. The summed E-state index contributed by atoms with van der Waals surface area (Å²) in [6, 6.07) is 1.44. The number of hydrogen-bond donors (Lipinski definition) is 1. The van der Waals surface area contributed by atoms with E-state index in [-0.39, 0.29) is 22.6 Å². The number of carbonyl (C=O) groups is 2. The van der Waals surface area contributed by atoms with Crippen molar-refractivity contribution >= 4 is 33.6 Å². The normalized spacial score (nSPS) is 9.82. The highest BCUT2D eigenvalue weighted by Crippen LogP contribution is 2.12. The van der Waals surface area contributed by atoms with Crippen LogP contribution in [0.2, 0.25) is 0 Å². The van der Waals surface area contributed by atoms with Gasteiger partial charge in [-0.3, -0.25) is 9.48 Å². The van der Waals surface area contributed by atoms with E-state index in [1.807, 2.05) is 0 Å². The van der Waals surface area contributed by atoms with Crippen molar-refractivity contribution in [2.45, 2.75) is 6.92 Å². The summed E-state index contributed by atoms with van der Waals surface area (Å²) < 4.78 is 6.35. The number of aromatic nitrogens is 2. The highest BCUT2D eigenvalue weighted by Gasteiger charge is 2.15. The summed E-state index contributed by atoms with van der Waals surface area (Å²) >= 11 is 2.94. The third kappa shape index (κ3) is 3.42. The number of nitrogens with one attached hydrogen (secondary N) is 1. The monoisotopic (exact) mass is 301 g/mol. The van der Waals surface area contributed by atoms with Crippen molar-refractivity contribution in [3.8, 4) is 0 Å². The second-order valence-electron chi connectivity index (χ2n) is 3.12. The Morgan fingerprint density at radius 3 is 2.82 bits per heavy atom. The molecule has 0 aliphatic rings. The van der Waals surface area contributed by atoms with Gasteiger partial charge in [0, 0.05) is 13.1 Å². The Morgan fingerprint density at radius 1 is 1.65 bits per heavy atom. The molecule has 92 valence electrons. The molecule has 0 saturated carbocycles. The van der Waals surface area contributed by atoms with Gasteiger partial charge in [-0.2, -0.15) is 5.10 Å². The summed E-state index contributed by atoms with van der Waals surface area (Å²) in [7, 11) is 1.59. The fraction of sp³-hybridized carbons (Fsp3) is 0.300. The van der Waals surface area contributed by atoms with Crippen LogP contribution in [0.5, 0.6) is 0 Å². The Hall–Kier alpha value is -1.63. The minimum atomic E-state index is -0.485. The molecule has 0 radical (unpaired) electrons. The molecule has 0 bridgehead atoms. The molecule has 0 saturated heterocycles. The van der Waals surface area contributed by atoms with Crippen LogP contribution in [0.4, 0.5) is 5.82 Å². The van der Waals surface area contributed by atoms with E-state index in [9.17, 15) is 9.59 Å². The minimum absolute atomic E-state index is 0.181. The summed E-state index contributed by atoms with van der Waals surface area (Å²) in [5.74, 6) is -0.639. The maximum Gasteiger partial charge on any atom is 0.356 e. The van der Waals surface area contributed by atoms with Crippen LogP contribution in [0.25, 0.3) is 0 Å². The van der Waals surface area contributed by atoms with Gasteiger partial charge >= 0.3 is 5.97 Å². The van der Waals surface area contributed by atoms with E-state index in [2.05, 4.69) is 32.9 Å². The molecule has 1 heterocycles. The van der Waals surface area contributed by atoms with Crippen LogP contribution in [0.3, 0.4) is 0 Å². The third-order valence-corrected chi connectivity index (χ3v) is 2.21. The number of rotatable bonds is 4. The molecule has 0 spiro atoms. The number of esters is 1. The van der Waals surface area contributed by atoms with Crippen LogP contribution in [0.1, 0.15) is 17.4 Å². The summed E-state index contributed by atoms with van der Waals surface area (Å²) in [6.07, 6.45) is 0. The van der Waals surface area contributed by atoms with Gasteiger partial charge in [-0.25, -0.2) is 4.79 Å². The van der Waals surface area contributed by atoms with E-state index in [0.29, 0.717) is 0 Å². The number of nitrogens with zero attached hydrogens (tertiary/aromatic N) is 2. The molecule has 7 heteroatoms. The third-order valence-electron chi connectivity index (χ3n) is 1.85. The van der Waals surface area contributed by atoms with Gasteiger partial charge in [-0.05, 0) is 22.9 Å². The molecular formula is C10H12BrN3O3. The van der Waals surface area contributed by atoms with E-state index in [1.165, 1.54) is 10.7 Å². The largest absolute Gasteiger partial charge is 0.461 e. The van der Waals surface area contributed by atoms with Gasteiger partial charge in [-0.15, -0.1) is 0 Å². The number of aryl methyl sites for hydroxylation is 1. The van der Waals surface area contributed by atoms with Crippen LogP contribution in [0, 0.1) is 0 Å². The first-order valence-electron chi connectivity index (χ1n) is 4.82. The van der Waals surface area contributed by atoms with Crippen LogP contribution >= 0.6 is 15.9 Å². The summed E-state index contributed by atoms with van der Waals surface area (Å²) in [4.78, 5) is 22.8. The molecule has 1 aromatic heterocycles. The number of halogens is 1. The average Bonchev–Trinajstić information content (AvgIpc) is 2.59. The minimum Gasteiger partial charge on any atom is -0.461 e. The number of carbonyl (C=O) groups excluding carboxylic acids is 2. The van der Waals surface area contributed by atoms with Crippen molar-refractivity contribution in [1.29, 1.82) is 0 Å². The summed E-state index contributed by atoms with van der Waals surface area (Å²) in [6.45, 7) is 5.42. The fourth-order valence-corrected chi connectivity index (χ4v) is 1.21. The molecule has 1 N–H and O–H groups in total. The van der Waals surface area contributed by atoms with Gasteiger partial charge in [0.05, 0.1) is 11.1 Å². The molecule has 17 heavy (non-hydrogen) atoms. The van der Waals surface area contributed by atoms with E-state index < -0.39 is 11.9 Å². The van der Waals surface area contributed by atoms with Crippen molar-refractivity contribution in [3.63, 3.8) is 0 Å². The second kappa shape index (κ2) is 5.62. The Labute approximate surface area is 107 Å². The maximum atomic E-state index is 11.5. The lowest BCUT2D eigenvalue weighted by Gasteiger charge is -1.99. The highest BCUT2D eigenvalue weighted by atomic mass is 79.9. The van der Waals surface area contributed by atoms with Gasteiger partial charge in [0.15, 0.2) is 5.82 Å². The molecule has 6 nitrogen and oxygen atoms in total. The predicted octanol–water partition coefficient (Wildman–Crippen LogP) is 1.44. The standard InChI is InChI=1S/C10H12BrN3O3/c1-4-17-10(16)7-5-8(13-14(7)3)12-9(15)6(2)11/h5H,2,4H2,1,3H3,(H,12,13,15). The van der Waals surface area contributed by atoms with Crippen LogP contribution in [-0.4, -0.2) is 28.3 Å². The lowest BCUT2D eigenvalue weighted by atomic mass is 10.4. The Morgan fingerprint density at radius 2 is 2.29 bits per heavy atom. The Bertz CT molecular complexity index is 467. The van der Waals surface area contributed by atoms with E-state index in [4.69, 9.17) is 4.74 Å². The van der Waals surface area contributed by atoms with Gasteiger partial charge in [-0.1, -0.05) is 6.58 Å². The highest BCUT2D eigenvalue weighted by molar-refractivity contribution is 9.12. The summed E-state index contributed by atoms with van der Waals surface area (Å²) in [5.41, 5.74) is 0.266.